The van der Waals surface area contributed by atoms with Gasteiger partial charge in [-0.1, -0.05) is 6.07 Å². The van der Waals surface area contributed by atoms with Gasteiger partial charge in [-0.3, -0.25) is 9.69 Å². The number of carbonyl (C=O) groups is 1. The maximum atomic E-state index is 14.4. The molecule has 0 radical (unpaired) electrons. The summed E-state index contributed by atoms with van der Waals surface area (Å²) in [5, 5.41) is 13.7. The number of H-pyrrole nitrogens is 1. The minimum absolute atomic E-state index is 0.0112. The number of hydrogen-bond donors (Lipinski definition) is 3. The van der Waals surface area contributed by atoms with Crippen LogP contribution in [0, 0.1) is 11.6 Å². The highest BCUT2D eigenvalue weighted by molar-refractivity contribution is 5.99. The van der Waals surface area contributed by atoms with Crippen LogP contribution in [0.2, 0.25) is 0 Å². The standard InChI is InChI=1S/C25H24F2N6O2/c1-14(2)32-8-9-33(22(34)13-32)15-6-7-21(28-11-15)31-19-10-18(23-16(26)4-3-5-17(23)27)30-20-12-29-25(35)24(19)20/h3-7,10-12,14,29,35H,8-9,13H2,1-2H3,(H,28,31). The molecule has 5 rings (SSSR count). The molecule has 0 atom stereocenters. The molecule has 0 unspecified atom stereocenters. The quantitative estimate of drug-likeness (QED) is 0.393. The molecule has 3 N–H and O–H groups in total. The highest BCUT2D eigenvalue weighted by atomic mass is 19.1. The summed E-state index contributed by atoms with van der Waals surface area (Å²) in [5.74, 6) is -1.19. The van der Waals surface area contributed by atoms with Crippen molar-refractivity contribution in [1.82, 2.24) is 19.9 Å². The van der Waals surface area contributed by atoms with Gasteiger partial charge in [0.15, 0.2) is 5.88 Å². The van der Waals surface area contributed by atoms with E-state index in [1.54, 1.807) is 23.2 Å². The minimum atomic E-state index is -0.743. The zero-order valence-electron chi connectivity index (χ0n) is 19.2. The molecule has 180 valence electrons. The van der Waals surface area contributed by atoms with E-state index in [4.69, 9.17) is 0 Å². The first-order valence-electron chi connectivity index (χ1n) is 11.2. The van der Waals surface area contributed by atoms with E-state index in [1.807, 2.05) is 0 Å². The molecule has 0 spiro atoms. The van der Waals surface area contributed by atoms with Gasteiger partial charge in [0, 0.05) is 25.3 Å². The number of benzene rings is 1. The van der Waals surface area contributed by atoms with Crippen LogP contribution in [0.1, 0.15) is 13.8 Å². The van der Waals surface area contributed by atoms with Crippen LogP contribution < -0.4 is 10.2 Å². The fourth-order valence-electron chi connectivity index (χ4n) is 4.26. The Morgan fingerprint density at radius 3 is 2.57 bits per heavy atom. The second kappa shape index (κ2) is 8.95. The van der Waals surface area contributed by atoms with Gasteiger partial charge in [-0.2, -0.15) is 0 Å². The highest BCUT2D eigenvalue weighted by Crippen LogP contribution is 2.36. The van der Waals surface area contributed by atoms with Crippen molar-refractivity contribution in [2.75, 3.05) is 29.9 Å². The number of rotatable bonds is 5. The Balaban J connectivity index is 1.45. The molecule has 0 bridgehead atoms. The molecule has 1 fully saturated rings. The molecule has 10 heteroatoms. The molecule has 3 aromatic heterocycles. The van der Waals surface area contributed by atoms with Gasteiger partial charge >= 0.3 is 0 Å². The summed E-state index contributed by atoms with van der Waals surface area (Å²) < 4.78 is 28.8. The Kier molecular flexibility index (Phi) is 5.81. The molecule has 1 aliphatic heterocycles. The number of nitrogens with one attached hydrogen (secondary N) is 2. The van der Waals surface area contributed by atoms with Gasteiger partial charge in [0.1, 0.15) is 17.5 Å². The summed E-state index contributed by atoms with van der Waals surface area (Å²) in [6.45, 7) is 5.84. The van der Waals surface area contributed by atoms with Crippen molar-refractivity contribution >= 4 is 34.0 Å². The molecule has 1 aliphatic rings. The van der Waals surface area contributed by atoms with Crippen molar-refractivity contribution in [3.8, 4) is 17.1 Å². The predicted molar refractivity (Wildman–Crippen MR) is 130 cm³/mol. The number of anilines is 3. The van der Waals surface area contributed by atoms with Crippen LogP contribution in [-0.2, 0) is 4.79 Å². The van der Waals surface area contributed by atoms with E-state index < -0.39 is 11.6 Å². The van der Waals surface area contributed by atoms with Gasteiger partial charge in [0.05, 0.1) is 46.3 Å². The first-order chi connectivity index (χ1) is 16.8. The zero-order chi connectivity index (χ0) is 24.7. The molecule has 4 heterocycles. The van der Waals surface area contributed by atoms with Crippen molar-refractivity contribution < 1.29 is 18.7 Å². The molecule has 35 heavy (non-hydrogen) atoms. The molecule has 0 aliphatic carbocycles. The minimum Gasteiger partial charge on any atom is -0.494 e. The molecular formula is C25H24F2N6O2. The Hall–Kier alpha value is -4.05. The molecule has 1 aromatic carbocycles. The second-order valence-corrected chi connectivity index (χ2v) is 8.69. The van der Waals surface area contributed by atoms with E-state index in [2.05, 4.69) is 39.0 Å². The monoisotopic (exact) mass is 478 g/mol. The van der Waals surface area contributed by atoms with Crippen LogP contribution >= 0.6 is 0 Å². The number of aromatic hydroxyl groups is 1. The van der Waals surface area contributed by atoms with E-state index in [1.165, 1.54) is 18.3 Å². The number of piperazine rings is 1. The van der Waals surface area contributed by atoms with Crippen LogP contribution in [0.15, 0.2) is 48.8 Å². The molecule has 1 saturated heterocycles. The maximum Gasteiger partial charge on any atom is 0.241 e. The van der Waals surface area contributed by atoms with E-state index in [-0.39, 0.29) is 23.0 Å². The number of pyridine rings is 2. The first kappa shape index (κ1) is 22.7. The third-order valence-electron chi connectivity index (χ3n) is 6.15. The van der Waals surface area contributed by atoms with Gasteiger partial charge in [0.2, 0.25) is 5.91 Å². The molecule has 0 saturated carbocycles. The number of aromatic nitrogens is 3. The fourth-order valence-corrected chi connectivity index (χ4v) is 4.26. The third-order valence-corrected chi connectivity index (χ3v) is 6.15. The average Bonchev–Trinajstić information content (AvgIpc) is 3.20. The lowest BCUT2D eigenvalue weighted by atomic mass is 10.1. The molecule has 4 aromatic rings. The largest absolute Gasteiger partial charge is 0.494 e. The number of fused-ring (bicyclic) bond motifs is 1. The van der Waals surface area contributed by atoms with Crippen LogP contribution in [0.3, 0.4) is 0 Å². The van der Waals surface area contributed by atoms with E-state index in [0.29, 0.717) is 47.2 Å². The Morgan fingerprint density at radius 2 is 1.91 bits per heavy atom. The number of hydrogen-bond acceptors (Lipinski definition) is 6. The van der Waals surface area contributed by atoms with Crippen LogP contribution in [0.25, 0.3) is 22.2 Å². The summed E-state index contributed by atoms with van der Waals surface area (Å²) in [6.07, 6.45) is 3.05. The van der Waals surface area contributed by atoms with Crippen molar-refractivity contribution in [1.29, 1.82) is 0 Å². The van der Waals surface area contributed by atoms with Crippen molar-refractivity contribution in [3.63, 3.8) is 0 Å². The van der Waals surface area contributed by atoms with Crippen molar-refractivity contribution in [2.45, 2.75) is 19.9 Å². The van der Waals surface area contributed by atoms with Crippen LogP contribution in [0.5, 0.6) is 5.88 Å². The summed E-state index contributed by atoms with van der Waals surface area (Å²) in [6, 6.07) is 8.86. The lowest BCUT2D eigenvalue weighted by Gasteiger charge is -2.36. The van der Waals surface area contributed by atoms with Crippen molar-refractivity contribution in [2.24, 2.45) is 0 Å². The number of carbonyl (C=O) groups excluding carboxylic acids is 1. The summed E-state index contributed by atoms with van der Waals surface area (Å²) in [4.78, 5) is 27.8. The Labute approximate surface area is 200 Å². The van der Waals surface area contributed by atoms with E-state index in [9.17, 15) is 18.7 Å². The Morgan fingerprint density at radius 1 is 1.14 bits per heavy atom. The van der Waals surface area contributed by atoms with E-state index in [0.717, 1.165) is 18.7 Å². The van der Waals surface area contributed by atoms with Gasteiger partial charge < -0.3 is 20.3 Å². The van der Waals surface area contributed by atoms with E-state index >= 15 is 0 Å². The zero-order valence-corrected chi connectivity index (χ0v) is 19.2. The van der Waals surface area contributed by atoms with Crippen LogP contribution in [-0.4, -0.2) is 56.5 Å². The number of aromatic amines is 1. The predicted octanol–water partition coefficient (Wildman–Crippen LogP) is 4.41. The SMILES string of the molecule is CC(C)N1CCN(c2ccc(Nc3cc(-c4c(F)cccc4F)nc4c[nH]c(O)c34)nc2)C(=O)C1. The first-order valence-corrected chi connectivity index (χ1v) is 11.2. The van der Waals surface area contributed by atoms with Gasteiger partial charge in [-0.15, -0.1) is 0 Å². The number of halogens is 2. The van der Waals surface area contributed by atoms with Gasteiger partial charge in [0.25, 0.3) is 0 Å². The smallest absolute Gasteiger partial charge is 0.241 e. The fraction of sp³-hybridized carbons (Fsp3) is 0.240. The molecular weight excluding hydrogens is 454 g/mol. The normalized spacial score (nSPS) is 14.8. The summed E-state index contributed by atoms with van der Waals surface area (Å²) in [5.41, 5.74) is 1.19. The number of amides is 1. The lowest BCUT2D eigenvalue weighted by Crippen LogP contribution is -2.52. The Bertz CT molecular complexity index is 1380. The highest BCUT2D eigenvalue weighted by Gasteiger charge is 2.26. The topological polar surface area (TPSA) is 97.4 Å². The molecule has 1 amide bonds. The van der Waals surface area contributed by atoms with Gasteiger partial charge in [-0.25, -0.2) is 18.7 Å². The summed E-state index contributed by atoms with van der Waals surface area (Å²) >= 11 is 0. The maximum absolute atomic E-state index is 14.4. The number of nitrogens with zero attached hydrogens (tertiary/aromatic N) is 4. The van der Waals surface area contributed by atoms with Crippen molar-refractivity contribution in [3.05, 3.63) is 60.4 Å². The second-order valence-electron chi connectivity index (χ2n) is 8.69. The van der Waals surface area contributed by atoms with Gasteiger partial charge in [-0.05, 0) is 44.2 Å². The lowest BCUT2D eigenvalue weighted by molar-refractivity contribution is -0.121. The van der Waals surface area contributed by atoms with Crippen LogP contribution in [0.4, 0.5) is 26.0 Å². The average molecular weight is 479 g/mol. The molecule has 8 nitrogen and oxygen atoms in total. The summed E-state index contributed by atoms with van der Waals surface area (Å²) in [7, 11) is 0. The third kappa shape index (κ3) is 4.28.